The van der Waals surface area contributed by atoms with Crippen molar-refractivity contribution in [3.8, 4) is 0 Å². The second kappa shape index (κ2) is 5.46. The Morgan fingerprint density at radius 1 is 1.56 bits per heavy atom. The molecular weight excluding hydrogens is 207 g/mol. The fourth-order valence-corrected chi connectivity index (χ4v) is 2.12. The first-order valence-corrected chi connectivity index (χ1v) is 5.78. The van der Waals surface area contributed by atoms with Crippen molar-refractivity contribution in [3.05, 3.63) is 24.0 Å². The van der Waals surface area contributed by atoms with Crippen LogP contribution >= 0.6 is 0 Å². The molecule has 16 heavy (non-hydrogen) atoms. The summed E-state index contributed by atoms with van der Waals surface area (Å²) < 4.78 is 20.1. The van der Waals surface area contributed by atoms with Gasteiger partial charge in [-0.3, -0.25) is 4.90 Å². The Bertz CT molecular complexity index is 327. The van der Waals surface area contributed by atoms with Gasteiger partial charge in [-0.25, -0.2) is 4.39 Å². The number of halogens is 1. The maximum absolute atomic E-state index is 12.6. The first-order valence-electron chi connectivity index (χ1n) is 5.78. The van der Waals surface area contributed by atoms with Crippen molar-refractivity contribution in [1.82, 2.24) is 9.47 Å². The number of nitrogens with zero attached hydrogens (tertiary/aromatic N) is 2. The van der Waals surface area contributed by atoms with Crippen molar-refractivity contribution in [2.75, 3.05) is 26.4 Å². The topological polar surface area (TPSA) is 17.4 Å². The van der Waals surface area contributed by atoms with Crippen LogP contribution in [0.5, 0.6) is 0 Å². The zero-order chi connectivity index (χ0) is 11.4. The first-order chi connectivity index (χ1) is 7.78. The van der Waals surface area contributed by atoms with Gasteiger partial charge in [-0.05, 0) is 18.1 Å². The molecule has 0 amide bonds. The molecule has 0 bridgehead atoms. The summed E-state index contributed by atoms with van der Waals surface area (Å²) in [6.07, 6.45) is 4.89. The van der Waals surface area contributed by atoms with Crippen molar-refractivity contribution in [1.29, 1.82) is 0 Å². The van der Waals surface area contributed by atoms with Crippen LogP contribution in [0.2, 0.25) is 0 Å². The summed E-state index contributed by atoms with van der Waals surface area (Å²) >= 11 is 0. The molecule has 0 aromatic carbocycles. The highest BCUT2D eigenvalue weighted by Gasteiger charge is 2.18. The number of aryl methyl sites for hydroxylation is 1. The third-order valence-electron chi connectivity index (χ3n) is 2.91. The van der Waals surface area contributed by atoms with Gasteiger partial charge in [0.2, 0.25) is 0 Å². The summed E-state index contributed by atoms with van der Waals surface area (Å²) in [5.41, 5.74) is 1.28. The van der Waals surface area contributed by atoms with Gasteiger partial charge in [0.15, 0.2) is 0 Å². The van der Waals surface area contributed by atoms with Crippen molar-refractivity contribution in [3.63, 3.8) is 0 Å². The van der Waals surface area contributed by atoms with E-state index in [9.17, 15) is 4.39 Å². The van der Waals surface area contributed by atoms with Gasteiger partial charge < -0.3 is 9.30 Å². The van der Waals surface area contributed by atoms with Gasteiger partial charge in [-0.1, -0.05) is 0 Å². The SMILES string of the molecule is Cn1ccc(CN2CCCO[C@H](CF)C2)c1. The number of aromatic nitrogens is 1. The Labute approximate surface area is 95.8 Å². The van der Waals surface area contributed by atoms with Crippen LogP contribution in [0.1, 0.15) is 12.0 Å². The zero-order valence-corrected chi connectivity index (χ0v) is 9.73. The molecule has 1 aliphatic rings. The highest BCUT2D eigenvalue weighted by molar-refractivity contribution is 5.09. The zero-order valence-electron chi connectivity index (χ0n) is 9.73. The summed E-state index contributed by atoms with van der Waals surface area (Å²) in [6, 6.07) is 2.11. The second-order valence-electron chi connectivity index (χ2n) is 4.42. The second-order valence-corrected chi connectivity index (χ2v) is 4.42. The molecule has 2 heterocycles. The molecule has 1 saturated heterocycles. The van der Waals surface area contributed by atoms with E-state index in [1.54, 1.807) is 0 Å². The van der Waals surface area contributed by atoms with E-state index in [2.05, 4.69) is 17.2 Å². The summed E-state index contributed by atoms with van der Waals surface area (Å²) in [5.74, 6) is 0. The van der Waals surface area contributed by atoms with E-state index in [1.807, 2.05) is 17.8 Å². The van der Waals surface area contributed by atoms with Gasteiger partial charge in [-0.2, -0.15) is 0 Å². The van der Waals surface area contributed by atoms with Gasteiger partial charge in [0.05, 0.1) is 6.10 Å². The lowest BCUT2D eigenvalue weighted by Crippen LogP contribution is -2.32. The predicted octanol–water partition coefficient (Wildman–Crippen LogP) is 1.59. The highest BCUT2D eigenvalue weighted by Crippen LogP contribution is 2.11. The van der Waals surface area contributed by atoms with Crippen LogP contribution in [0.15, 0.2) is 18.5 Å². The molecule has 1 fully saturated rings. The minimum absolute atomic E-state index is 0.244. The van der Waals surface area contributed by atoms with Crippen LogP contribution in [0.4, 0.5) is 4.39 Å². The van der Waals surface area contributed by atoms with Crippen LogP contribution in [-0.4, -0.2) is 41.9 Å². The summed E-state index contributed by atoms with van der Waals surface area (Å²) in [7, 11) is 2.01. The van der Waals surface area contributed by atoms with E-state index in [4.69, 9.17) is 4.74 Å². The standard InChI is InChI=1S/C12H19FN2O/c1-14-5-3-11(8-14)9-15-4-2-6-16-12(7-13)10-15/h3,5,8,12H,2,4,6-7,9-10H2,1H3/t12-/m1/s1. The quantitative estimate of drug-likeness (QED) is 0.778. The lowest BCUT2D eigenvalue weighted by atomic mass is 10.2. The largest absolute Gasteiger partial charge is 0.374 e. The highest BCUT2D eigenvalue weighted by atomic mass is 19.1. The Hall–Kier alpha value is -0.870. The fraction of sp³-hybridized carbons (Fsp3) is 0.667. The third kappa shape index (κ3) is 3.06. The van der Waals surface area contributed by atoms with Crippen molar-refractivity contribution < 1.29 is 9.13 Å². The molecule has 0 unspecified atom stereocenters. The first kappa shape index (κ1) is 11.6. The fourth-order valence-electron chi connectivity index (χ4n) is 2.12. The number of hydrogen-bond donors (Lipinski definition) is 0. The van der Waals surface area contributed by atoms with E-state index in [0.717, 1.165) is 19.5 Å². The minimum atomic E-state index is -0.384. The molecule has 0 saturated carbocycles. The van der Waals surface area contributed by atoms with Crippen LogP contribution in [0.3, 0.4) is 0 Å². The van der Waals surface area contributed by atoms with Gasteiger partial charge >= 0.3 is 0 Å². The van der Waals surface area contributed by atoms with Crippen molar-refractivity contribution in [2.24, 2.45) is 7.05 Å². The molecule has 90 valence electrons. The molecule has 1 aromatic heterocycles. The molecule has 4 heteroatoms. The van der Waals surface area contributed by atoms with E-state index < -0.39 is 0 Å². The molecule has 0 N–H and O–H groups in total. The number of rotatable bonds is 3. The average Bonchev–Trinajstić information content (AvgIpc) is 2.55. The van der Waals surface area contributed by atoms with Crippen molar-refractivity contribution >= 4 is 0 Å². The maximum Gasteiger partial charge on any atom is 0.117 e. The molecule has 0 aliphatic carbocycles. The Morgan fingerprint density at radius 2 is 2.44 bits per heavy atom. The number of alkyl halides is 1. The molecule has 2 rings (SSSR count). The lowest BCUT2D eigenvalue weighted by molar-refractivity contribution is 0.0359. The summed E-state index contributed by atoms with van der Waals surface area (Å²) in [4.78, 5) is 2.27. The van der Waals surface area contributed by atoms with Gasteiger partial charge in [0, 0.05) is 45.7 Å². The third-order valence-corrected chi connectivity index (χ3v) is 2.91. The van der Waals surface area contributed by atoms with Gasteiger partial charge in [-0.15, -0.1) is 0 Å². The molecule has 1 atom stereocenters. The summed E-state index contributed by atoms with van der Waals surface area (Å²) in [6.45, 7) is 2.88. The monoisotopic (exact) mass is 226 g/mol. The van der Waals surface area contributed by atoms with Crippen LogP contribution < -0.4 is 0 Å². The van der Waals surface area contributed by atoms with Gasteiger partial charge in [0.1, 0.15) is 6.67 Å². The van der Waals surface area contributed by atoms with Crippen LogP contribution in [-0.2, 0) is 18.3 Å². The van der Waals surface area contributed by atoms with E-state index in [0.29, 0.717) is 13.2 Å². The predicted molar refractivity (Wildman–Crippen MR) is 61.0 cm³/mol. The van der Waals surface area contributed by atoms with Crippen molar-refractivity contribution in [2.45, 2.75) is 19.1 Å². The molecule has 1 aliphatic heterocycles. The molecule has 1 aromatic rings. The number of ether oxygens (including phenoxy) is 1. The maximum atomic E-state index is 12.6. The average molecular weight is 226 g/mol. The van der Waals surface area contributed by atoms with E-state index in [-0.39, 0.29) is 12.8 Å². The molecule has 0 spiro atoms. The molecule has 0 radical (unpaired) electrons. The molecular formula is C12H19FN2O. The van der Waals surface area contributed by atoms with Gasteiger partial charge in [0.25, 0.3) is 0 Å². The van der Waals surface area contributed by atoms with E-state index in [1.165, 1.54) is 5.56 Å². The lowest BCUT2D eigenvalue weighted by Gasteiger charge is -2.21. The summed E-state index contributed by atoms with van der Waals surface area (Å²) in [5, 5.41) is 0. The molecule has 3 nitrogen and oxygen atoms in total. The van der Waals surface area contributed by atoms with E-state index >= 15 is 0 Å². The normalized spacial score (nSPS) is 23.2. The number of hydrogen-bond acceptors (Lipinski definition) is 2. The van der Waals surface area contributed by atoms with Crippen LogP contribution in [0.25, 0.3) is 0 Å². The Morgan fingerprint density at radius 3 is 3.12 bits per heavy atom. The Kier molecular flexibility index (Phi) is 3.96. The van der Waals surface area contributed by atoms with Crippen LogP contribution in [0, 0.1) is 0 Å². The Balaban J connectivity index is 1.92. The smallest absolute Gasteiger partial charge is 0.117 e. The minimum Gasteiger partial charge on any atom is -0.374 e.